The summed E-state index contributed by atoms with van der Waals surface area (Å²) in [4.78, 5) is 36.3. The Bertz CT molecular complexity index is 800. The zero-order valence-electron chi connectivity index (χ0n) is 13.9. The van der Waals surface area contributed by atoms with Gasteiger partial charge in [-0.2, -0.15) is 0 Å². The van der Waals surface area contributed by atoms with Crippen LogP contribution in [-0.4, -0.2) is 24.3 Å². The molecule has 0 heterocycles. The third-order valence-electron chi connectivity index (χ3n) is 4.24. The summed E-state index contributed by atoms with van der Waals surface area (Å²) in [5, 5.41) is 2.65. The molecule has 5 nitrogen and oxygen atoms in total. The molecule has 0 aliphatic heterocycles. The largest absolute Gasteiger partial charge is 0.455 e. The fourth-order valence-corrected chi connectivity index (χ4v) is 2.62. The van der Waals surface area contributed by atoms with Gasteiger partial charge in [0.1, 0.15) is 0 Å². The lowest BCUT2D eigenvalue weighted by atomic mass is 10.0. The van der Waals surface area contributed by atoms with Crippen LogP contribution in [0.15, 0.2) is 54.6 Å². The summed E-state index contributed by atoms with van der Waals surface area (Å²) in [6.07, 6.45) is 0.814. The molecule has 0 radical (unpaired) electrons. The summed E-state index contributed by atoms with van der Waals surface area (Å²) >= 11 is 0. The van der Waals surface area contributed by atoms with Crippen LogP contribution in [0.2, 0.25) is 0 Å². The van der Waals surface area contributed by atoms with E-state index in [2.05, 4.69) is 5.32 Å². The predicted molar refractivity (Wildman–Crippen MR) is 93.2 cm³/mol. The van der Waals surface area contributed by atoms with Crippen molar-refractivity contribution in [1.82, 2.24) is 0 Å². The maximum absolute atomic E-state index is 12.6. The molecule has 2 atom stereocenters. The number of amides is 1. The molecule has 128 valence electrons. The van der Waals surface area contributed by atoms with E-state index in [1.165, 1.54) is 0 Å². The molecule has 1 saturated carbocycles. The molecule has 2 aromatic carbocycles. The molecule has 25 heavy (non-hydrogen) atoms. The van der Waals surface area contributed by atoms with Gasteiger partial charge in [-0.05, 0) is 24.5 Å². The van der Waals surface area contributed by atoms with Crippen LogP contribution in [0.5, 0.6) is 0 Å². The highest BCUT2D eigenvalue weighted by atomic mass is 16.5. The fourth-order valence-electron chi connectivity index (χ4n) is 2.62. The van der Waals surface area contributed by atoms with Gasteiger partial charge in [0.25, 0.3) is 5.91 Å². The average molecular weight is 337 g/mol. The molecule has 3 rings (SSSR count). The second kappa shape index (κ2) is 7.30. The lowest BCUT2D eigenvalue weighted by Crippen LogP contribution is -2.22. The van der Waals surface area contributed by atoms with Gasteiger partial charge in [0.2, 0.25) is 0 Å². The minimum atomic E-state index is -0.463. The molecule has 0 spiro atoms. The van der Waals surface area contributed by atoms with E-state index in [9.17, 15) is 14.4 Å². The quantitative estimate of drug-likeness (QED) is 0.649. The molecule has 0 aromatic heterocycles. The Labute approximate surface area is 146 Å². The van der Waals surface area contributed by atoms with Crippen molar-refractivity contribution in [3.63, 3.8) is 0 Å². The number of benzene rings is 2. The van der Waals surface area contributed by atoms with Crippen molar-refractivity contribution in [3.05, 3.63) is 65.7 Å². The molecule has 1 aliphatic rings. The molecule has 2 unspecified atom stereocenters. The van der Waals surface area contributed by atoms with Crippen LogP contribution in [0, 0.1) is 11.8 Å². The lowest BCUT2D eigenvalue weighted by Gasteiger charge is -2.11. The van der Waals surface area contributed by atoms with Gasteiger partial charge in [0.05, 0.1) is 11.6 Å². The zero-order chi connectivity index (χ0) is 17.8. The standard InChI is InChI=1S/C20H19NO4/c1-13-11-16(13)20(24)25-12-18(22)21-17-10-6-5-9-15(17)19(23)14-7-3-2-4-8-14/h2-10,13,16H,11-12H2,1H3,(H,21,22). The van der Waals surface area contributed by atoms with Crippen molar-refractivity contribution >= 4 is 23.3 Å². The maximum Gasteiger partial charge on any atom is 0.309 e. The molecule has 1 N–H and O–H groups in total. The van der Waals surface area contributed by atoms with E-state index in [1.54, 1.807) is 48.5 Å². The number of ketones is 1. The Balaban J connectivity index is 1.65. The number of anilines is 1. The van der Waals surface area contributed by atoms with Gasteiger partial charge < -0.3 is 10.1 Å². The normalized spacial score (nSPS) is 18.3. The van der Waals surface area contributed by atoms with Crippen molar-refractivity contribution in [2.24, 2.45) is 11.8 Å². The van der Waals surface area contributed by atoms with Crippen molar-refractivity contribution < 1.29 is 19.1 Å². The summed E-state index contributed by atoms with van der Waals surface area (Å²) in [6, 6.07) is 15.6. The van der Waals surface area contributed by atoms with Crippen LogP contribution in [0.1, 0.15) is 29.3 Å². The number of para-hydroxylation sites is 1. The molecule has 2 aromatic rings. The maximum atomic E-state index is 12.6. The van der Waals surface area contributed by atoms with Gasteiger partial charge in [-0.1, -0.05) is 49.4 Å². The smallest absolute Gasteiger partial charge is 0.309 e. The second-order valence-electron chi connectivity index (χ2n) is 6.22. The minimum absolute atomic E-state index is 0.0836. The summed E-state index contributed by atoms with van der Waals surface area (Å²) in [6.45, 7) is 1.62. The highest BCUT2D eigenvalue weighted by Crippen LogP contribution is 2.38. The number of ether oxygens (including phenoxy) is 1. The van der Waals surface area contributed by atoms with Gasteiger partial charge in [-0.3, -0.25) is 14.4 Å². The predicted octanol–water partition coefficient (Wildman–Crippen LogP) is 3.06. The number of carbonyl (C=O) groups is 3. The molecule has 1 amide bonds. The highest BCUT2D eigenvalue weighted by Gasteiger charge is 2.40. The van der Waals surface area contributed by atoms with E-state index >= 15 is 0 Å². The molecule has 1 fully saturated rings. The van der Waals surface area contributed by atoms with Gasteiger partial charge >= 0.3 is 5.97 Å². The van der Waals surface area contributed by atoms with E-state index in [1.807, 2.05) is 13.0 Å². The minimum Gasteiger partial charge on any atom is -0.455 e. The van der Waals surface area contributed by atoms with Crippen molar-refractivity contribution in [3.8, 4) is 0 Å². The van der Waals surface area contributed by atoms with E-state index in [-0.39, 0.29) is 24.3 Å². The van der Waals surface area contributed by atoms with Crippen LogP contribution in [-0.2, 0) is 14.3 Å². The number of hydrogen-bond donors (Lipinski definition) is 1. The third-order valence-corrected chi connectivity index (χ3v) is 4.24. The zero-order valence-corrected chi connectivity index (χ0v) is 13.9. The first kappa shape index (κ1) is 16.9. The number of hydrogen-bond acceptors (Lipinski definition) is 4. The fraction of sp³-hybridized carbons (Fsp3) is 0.250. The monoisotopic (exact) mass is 337 g/mol. The number of carbonyl (C=O) groups excluding carboxylic acids is 3. The van der Waals surface area contributed by atoms with E-state index in [0.717, 1.165) is 6.42 Å². The summed E-state index contributed by atoms with van der Waals surface area (Å²) in [5.74, 6) is -0.730. The van der Waals surface area contributed by atoms with Gasteiger partial charge in [-0.25, -0.2) is 0 Å². The van der Waals surface area contributed by atoms with E-state index < -0.39 is 5.91 Å². The molecule has 5 heteroatoms. The number of rotatable bonds is 6. The Kier molecular flexibility index (Phi) is 4.93. The average Bonchev–Trinajstić information content (AvgIpc) is 3.37. The van der Waals surface area contributed by atoms with Gasteiger partial charge in [0, 0.05) is 11.1 Å². The molecule has 0 saturated heterocycles. The SMILES string of the molecule is CC1CC1C(=O)OCC(=O)Nc1ccccc1C(=O)c1ccccc1. The first-order valence-electron chi connectivity index (χ1n) is 8.21. The van der Waals surface area contributed by atoms with Crippen LogP contribution in [0.25, 0.3) is 0 Å². The summed E-state index contributed by atoms with van der Waals surface area (Å²) in [7, 11) is 0. The van der Waals surface area contributed by atoms with Crippen molar-refractivity contribution in [1.29, 1.82) is 0 Å². The highest BCUT2D eigenvalue weighted by molar-refractivity contribution is 6.13. The van der Waals surface area contributed by atoms with Crippen LogP contribution in [0.3, 0.4) is 0 Å². The van der Waals surface area contributed by atoms with Crippen LogP contribution < -0.4 is 5.32 Å². The molecule has 1 aliphatic carbocycles. The van der Waals surface area contributed by atoms with Gasteiger partial charge in [0.15, 0.2) is 12.4 Å². The number of nitrogens with one attached hydrogen (secondary N) is 1. The third kappa shape index (κ3) is 4.12. The Morgan fingerprint density at radius 1 is 1.04 bits per heavy atom. The van der Waals surface area contributed by atoms with E-state index in [4.69, 9.17) is 4.74 Å². The lowest BCUT2D eigenvalue weighted by molar-refractivity contribution is -0.148. The number of esters is 1. The Morgan fingerprint density at radius 2 is 1.68 bits per heavy atom. The first-order chi connectivity index (χ1) is 12.1. The van der Waals surface area contributed by atoms with Crippen LogP contribution in [0.4, 0.5) is 5.69 Å². The first-order valence-corrected chi connectivity index (χ1v) is 8.21. The van der Waals surface area contributed by atoms with Gasteiger partial charge in [-0.15, -0.1) is 0 Å². The molecule has 0 bridgehead atoms. The molecular weight excluding hydrogens is 318 g/mol. The second-order valence-corrected chi connectivity index (χ2v) is 6.22. The van der Waals surface area contributed by atoms with Crippen molar-refractivity contribution in [2.75, 3.05) is 11.9 Å². The van der Waals surface area contributed by atoms with Crippen molar-refractivity contribution in [2.45, 2.75) is 13.3 Å². The Hall–Kier alpha value is -2.95. The topological polar surface area (TPSA) is 72.5 Å². The molecular formula is C20H19NO4. The summed E-state index contributed by atoms with van der Waals surface area (Å²) in [5.41, 5.74) is 1.33. The Morgan fingerprint density at radius 3 is 2.36 bits per heavy atom. The van der Waals surface area contributed by atoms with E-state index in [0.29, 0.717) is 22.7 Å². The summed E-state index contributed by atoms with van der Waals surface area (Å²) < 4.78 is 5.02. The van der Waals surface area contributed by atoms with Crippen LogP contribution >= 0.6 is 0 Å².